The fourth-order valence-corrected chi connectivity index (χ4v) is 4.44. The number of benzene rings is 1. The van der Waals surface area contributed by atoms with Gasteiger partial charge in [0.05, 0.1) is 11.6 Å². The molecule has 0 fully saturated rings. The van der Waals surface area contributed by atoms with Gasteiger partial charge < -0.3 is 4.74 Å². The third kappa shape index (κ3) is 3.43. The molecular weight excluding hydrogens is 366 g/mol. The van der Waals surface area contributed by atoms with E-state index in [-0.39, 0.29) is 9.92 Å². The standard InChI is InChI=1S/C13H15BrClNO3S/c1-19-9-10-4-6-16(7-5-10)20(17,18)13-3-2-11(14)8-12(13)15/h2-4,8H,5-7,9H2,1H3. The van der Waals surface area contributed by atoms with Crippen molar-refractivity contribution in [3.8, 4) is 0 Å². The first-order valence-electron chi connectivity index (χ1n) is 6.07. The van der Waals surface area contributed by atoms with Crippen LogP contribution in [0.15, 0.2) is 39.2 Å². The van der Waals surface area contributed by atoms with Crippen LogP contribution in [-0.4, -0.2) is 39.5 Å². The molecule has 1 heterocycles. The molecule has 7 heteroatoms. The molecule has 0 atom stereocenters. The summed E-state index contributed by atoms with van der Waals surface area (Å²) in [6, 6.07) is 4.79. The Morgan fingerprint density at radius 3 is 2.75 bits per heavy atom. The number of sulfonamides is 1. The molecule has 0 unspecified atom stereocenters. The molecule has 1 aliphatic heterocycles. The van der Waals surface area contributed by atoms with Crippen molar-refractivity contribution < 1.29 is 13.2 Å². The zero-order valence-corrected chi connectivity index (χ0v) is 14.1. The van der Waals surface area contributed by atoms with Gasteiger partial charge in [-0.25, -0.2) is 8.42 Å². The van der Waals surface area contributed by atoms with Crippen LogP contribution in [0.2, 0.25) is 5.02 Å². The minimum Gasteiger partial charge on any atom is -0.380 e. The van der Waals surface area contributed by atoms with E-state index in [1.807, 2.05) is 6.08 Å². The van der Waals surface area contributed by atoms with Gasteiger partial charge in [-0.05, 0) is 30.2 Å². The quantitative estimate of drug-likeness (QED) is 0.754. The molecule has 0 spiro atoms. The highest BCUT2D eigenvalue weighted by atomic mass is 79.9. The first kappa shape index (κ1) is 16.0. The Hall–Kier alpha value is -0.400. The third-order valence-corrected chi connectivity index (χ3v) is 5.95. The molecule has 0 saturated carbocycles. The van der Waals surface area contributed by atoms with E-state index in [9.17, 15) is 8.42 Å². The van der Waals surface area contributed by atoms with Gasteiger partial charge in [-0.15, -0.1) is 0 Å². The second-order valence-corrected chi connectivity index (χ2v) is 7.71. The van der Waals surface area contributed by atoms with Crippen LogP contribution in [0.4, 0.5) is 0 Å². The van der Waals surface area contributed by atoms with Gasteiger partial charge in [0.1, 0.15) is 4.90 Å². The lowest BCUT2D eigenvalue weighted by Crippen LogP contribution is -2.35. The predicted molar refractivity (Wildman–Crippen MR) is 82.5 cm³/mol. The summed E-state index contributed by atoms with van der Waals surface area (Å²) in [6.45, 7) is 1.35. The molecule has 1 aromatic rings. The largest absolute Gasteiger partial charge is 0.380 e. The Kier molecular flexibility index (Phi) is 5.25. The van der Waals surface area contributed by atoms with Crippen LogP contribution >= 0.6 is 27.5 Å². The summed E-state index contributed by atoms with van der Waals surface area (Å²) in [5.41, 5.74) is 1.13. The fourth-order valence-electron chi connectivity index (χ4n) is 2.05. The molecule has 0 N–H and O–H groups in total. The Balaban J connectivity index is 2.24. The Labute approximate surface area is 132 Å². The molecular formula is C13H15BrClNO3S. The summed E-state index contributed by atoms with van der Waals surface area (Å²) in [5, 5.41) is 0.228. The first-order valence-corrected chi connectivity index (χ1v) is 8.68. The molecule has 0 bridgehead atoms. The first-order chi connectivity index (χ1) is 9.45. The summed E-state index contributed by atoms with van der Waals surface area (Å²) < 4.78 is 32.3. The van der Waals surface area contributed by atoms with Gasteiger partial charge in [-0.3, -0.25) is 0 Å². The van der Waals surface area contributed by atoms with Crippen LogP contribution in [0.3, 0.4) is 0 Å². The minimum atomic E-state index is -3.55. The maximum atomic E-state index is 12.5. The third-order valence-electron chi connectivity index (χ3n) is 3.11. The van der Waals surface area contributed by atoms with Crippen molar-refractivity contribution in [2.45, 2.75) is 11.3 Å². The highest BCUT2D eigenvalue weighted by Crippen LogP contribution is 2.29. The zero-order chi connectivity index (χ0) is 14.8. The normalized spacial score (nSPS) is 17.1. The van der Waals surface area contributed by atoms with Crippen LogP contribution in [-0.2, 0) is 14.8 Å². The lowest BCUT2D eigenvalue weighted by Gasteiger charge is -2.26. The van der Waals surface area contributed by atoms with Gasteiger partial charge in [0, 0.05) is 24.7 Å². The summed E-state index contributed by atoms with van der Waals surface area (Å²) in [7, 11) is -1.92. The molecule has 0 saturated heterocycles. The van der Waals surface area contributed by atoms with Crippen LogP contribution in [0.1, 0.15) is 6.42 Å². The van der Waals surface area contributed by atoms with E-state index in [2.05, 4.69) is 15.9 Å². The summed E-state index contributed by atoms with van der Waals surface area (Å²) in [5.74, 6) is 0. The van der Waals surface area contributed by atoms with E-state index in [0.29, 0.717) is 26.1 Å². The zero-order valence-electron chi connectivity index (χ0n) is 11.0. The molecule has 0 radical (unpaired) electrons. The molecule has 110 valence electrons. The van der Waals surface area contributed by atoms with Crippen molar-refractivity contribution >= 4 is 37.6 Å². The van der Waals surface area contributed by atoms with Crippen molar-refractivity contribution in [3.05, 3.63) is 39.3 Å². The fraction of sp³-hybridized carbons (Fsp3) is 0.385. The highest BCUT2D eigenvalue weighted by molar-refractivity contribution is 9.10. The van der Waals surface area contributed by atoms with Crippen molar-refractivity contribution in [2.24, 2.45) is 0 Å². The van der Waals surface area contributed by atoms with Crippen molar-refractivity contribution in [1.29, 1.82) is 0 Å². The average molecular weight is 381 g/mol. The van der Waals surface area contributed by atoms with Gasteiger partial charge in [0.25, 0.3) is 0 Å². The number of nitrogens with zero attached hydrogens (tertiary/aromatic N) is 1. The smallest absolute Gasteiger partial charge is 0.244 e. The van der Waals surface area contributed by atoms with Crippen LogP contribution in [0.25, 0.3) is 0 Å². The summed E-state index contributed by atoms with van der Waals surface area (Å²) >= 11 is 9.31. The molecule has 4 nitrogen and oxygen atoms in total. The number of methoxy groups -OCH3 is 1. The molecule has 2 rings (SSSR count). The summed E-state index contributed by atoms with van der Waals surface area (Å²) in [4.78, 5) is 0.144. The Morgan fingerprint density at radius 2 is 2.20 bits per heavy atom. The van der Waals surface area contributed by atoms with E-state index in [4.69, 9.17) is 16.3 Å². The topological polar surface area (TPSA) is 46.6 Å². The molecule has 1 aromatic carbocycles. The lowest BCUT2D eigenvalue weighted by molar-refractivity contribution is 0.219. The van der Waals surface area contributed by atoms with E-state index >= 15 is 0 Å². The van der Waals surface area contributed by atoms with Gasteiger partial charge in [-0.1, -0.05) is 33.6 Å². The molecule has 1 aliphatic rings. The monoisotopic (exact) mass is 379 g/mol. The minimum absolute atomic E-state index is 0.144. The second-order valence-electron chi connectivity index (χ2n) is 4.48. The van der Waals surface area contributed by atoms with Crippen molar-refractivity contribution in [1.82, 2.24) is 4.31 Å². The second kappa shape index (κ2) is 6.58. The molecule has 20 heavy (non-hydrogen) atoms. The number of hydrogen-bond donors (Lipinski definition) is 0. The lowest BCUT2D eigenvalue weighted by atomic mass is 10.1. The molecule has 0 aliphatic carbocycles. The Bertz CT molecular complexity index is 631. The van der Waals surface area contributed by atoms with Gasteiger partial charge in [0.15, 0.2) is 0 Å². The maximum Gasteiger partial charge on any atom is 0.244 e. The number of ether oxygens (including phenoxy) is 1. The number of hydrogen-bond acceptors (Lipinski definition) is 3. The molecule has 0 amide bonds. The van der Waals surface area contributed by atoms with Crippen molar-refractivity contribution in [3.63, 3.8) is 0 Å². The maximum absolute atomic E-state index is 12.5. The van der Waals surface area contributed by atoms with E-state index in [1.54, 1.807) is 19.2 Å². The van der Waals surface area contributed by atoms with Gasteiger partial charge in [-0.2, -0.15) is 4.31 Å². The van der Waals surface area contributed by atoms with Crippen molar-refractivity contribution in [2.75, 3.05) is 26.8 Å². The van der Waals surface area contributed by atoms with Gasteiger partial charge >= 0.3 is 0 Å². The van der Waals surface area contributed by atoms with Gasteiger partial charge in [0.2, 0.25) is 10.0 Å². The van der Waals surface area contributed by atoms with E-state index in [1.165, 1.54) is 10.4 Å². The summed E-state index contributed by atoms with van der Waals surface area (Å²) in [6.07, 6.45) is 2.58. The van der Waals surface area contributed by atoms with Crippen LogP contribution < -0.4 is 0 Å². The SMILES string of the molecule is COCC1=CCN(S(=O)(=O)c2ccc(Br)cc2Cl)CC1. The van der Waals surface area contributed by atoms with Crippen LogP contribution in [0, 0.1) is 0 Å². The average Bonchev–Trinajstić information content (AvgIpc) is 2.39. The Morgan fingerprint density at radius 1 is 1.45 bits per heavy atom. The predicted octanol–water partition coefficient (Wildman–Crippen LogP) is 3.07. The van der Waals surface area contributed by atoms with E-state index in [0.717, 1.165) is 10.0 Å². The highest BCUT2D eigenvalue weighted by Gasteiger charge is 2.27. The number of halogens is 2. The molecule has 0 aromatic heterocycles. The van der Waals surface area contributed by atoms with E-state index < -0.39 is 10.0 Å². The number of rotatable bonds is 4. The van der Waals surface area contributed by atoms with Crippen LogP contribution in [0.5, 0.6) is 0 Å².